The van der Waals surface area contributed by atoms with E-state index in [1.165, 1.54) is 72.8 Å². The lowest BCUT2D eigenvalue weighted by atomic mass is 9.96. The molecule has 0 radical (unpaired) electrons. The summed E-state index contributed by atoms with van der Waals surface area (Å²) in [6.07, 6.45) is -4.09. The smallest absolute Gasteiger partial charge is 0.245 e. The predicted molar refractivity (Wildman–Crippen MR) is 491 cm³/mol. The van der Waals surface area contributed by atoms with E-state index >= 15 is 19.2 Å². The molecule has 44 nitrogen and oxygen atoms in total. The molecule has 0 saturated carbocycles. The van der Waals surface area contributed by atoms with Gasteiger partial charge in [0.1, 0.15) is 95.8 Å². The molecule has 1 aliphatic heterocycles. The number of aliphatic hydroxyl groups excluding tert-OH is 2. The highest BCUT2D eigenvalue weighted by Gasteiger charge is 2.40. The number of hydrogen-bond donors (Lipinski definition) is 29. The van der Waals surface area contributed by atoms with Crippen LogP contribution in [0.25, 0.3) is 0 Å². The number of amides is 15. The summed E-state index contributed by atoms with van der Waals surface area (Å²) in [7, 11) is 0. The number of nitrogens with two attached hydrogens (primary N) is 4. The van der Waals surface area contributed by atoms with Gasteiger partial charge in [0.15, 0.2) is 17.9 Å². The third-order valence-corrected chi connectivity index (χ3v) is 22.3. The number of guanidine groups is 3. The molecule has 0 aliphatic carbocycles. The standard InChI is InChI=1S/C88H124N24O20S/c1-6-48(4)71-84(131)111-70(47(2)3)83(130)107-65(39-51-18-11-8-12-19-51)80(127)105-63(41-53-25-31-56(116)32-26-53)79(126)106-64(42-54-27-33-57(117)34-28-54)81(128)109-67(73(89)120)45-133-46-69(119)100-61(40-52-23-29-55(115)30-24-52)82(129)112-72(49(5)114)85(132)103-60(22-15-37-98-88(94)95)76(123)104-62(38-50-16-9-7-10-17-50)78(125)102-58(20-13-35-96-86(90)91)75(122)101-59(21-14-36-97-87(92)93)77(124)108-66(44-113)74(121)99-43-68(118)110-71/h7-12,16-19,23-34,47-49,58-67,70-72,113-117H,6,13-15,20-22,35-46H2,1-5H3,(H2,89,120)(H,99,121)(H,100,119)(H,101,122)(H,102,125)(H,103,132)(H,104,123)(H,105,127)(H,106,126)(H,107,130)(H,108,124)(H,109,128)(H,110,118)(H,111,131)(H,112,129)(H4,90,91,96)(H4,92,93,97)(H4,94,95,98)/t48-,49+,58-,59-,60-,61+,62-,63-,64-,65-,66-,67-,70-,71-,72-/m0/s1. The molecule has 5 aromatic carbocycles. The highest BCUT2D eigenvalue weighted by atomic mass is 32.2. The number of nitrogens with one attached hydrogen (secondary N) is 20. The Morgan fingerprint density at radius 2 is 0.692 bits per heavy atom. The van der Waals surface area contributed by atoms with Crippen LogP contribution < -0.4 is 113 Å². The van der Waals surface area contributed by atoms with Crippen molar-refractivity contribution in [2.45, 2.75) is 196 Å². The van der Waals surface area contributed by atoms with Gasteiger partial charge in [-0.25, -0.2) is 0 Å². The summed E-state index contributed by atoms with van der Waals surface area (Å²) in [6.45, 7) is 5.40. The second-order valence-corrected chi connectivity index (χ2v) is 33.3. The predicted octanol–water partition coefficient (Wildman–Crippen LogP) is -5.17. The van der Waals surface area contributed by atoms with E-state index in [1.54, 1.807) is 88.4 Å². The van der Waals surface area contributed by atoms with Gasteiger partial charge >= 0.3 is 0 Å². The zero-order valence-corrected chi connectivity index (χ0v) is 75.3. The Morgan fingerprint density at radius 1 is 0.383 bits per heavy atom. The molecule has 1 fully saturated rings. The summed E-state index contributed by atoms with van der Waals surface area (Å²) in [5, 5.41) is 120. The van der Waals surface area contributed by atoms with Crippen LogP contribution in [-0.2, 0) is 104 Å². The maximum Gasteiger partial charge on any atom is 0.245 e. The molecule has 0 unspecified atom stereocenters. The van der Waals surface area contributed by atoms with E-state index < -0.39 is 228 Å². The molecule has 6 rings (SSSR count). The van der Waals surface area contributed by atoms with Gasteiger partial charge in [-0.2, -0.15) is 0 Å². The minimum Gasteiger partial charge on any atom is -0.508 e. The van der Waals surface area contributed by atoms with Crippen LogP contribution >= 0.6 is 11.8 Å². The molecule has 15 atom stereocenters. The van der Waals surface area contributed by atoms with Crippen molar-refractivity contribution in [3.63, 3.8) is 0 Å². The maximum absolute atomic E-state index is 15.2. The molecule has 15 amide bonds. The Hall–Kier alpha value is -14.4. The Bertz CT molecular complexity index is 4800. The zero-order valence-electron chi connectivity index (χ0n) is 74.5. The first-order valence-corrected chi connectivity index (χ1v) is 44.4. The maximum atomic E-state index is 15.2. The Labute approximate surface area is 772 Å². The molecular weight excluding hydrogens is 1750 g/mol. The first-order chi connectivity index (χ1) is 63.2. The molecule has 0 spiro atoms. The molecule has 0 bridgehead atoms. The SMILES string of the molecule is CC[C@H](C)[C@@H]1NC(=O)CNC(=O)[C@H](CO)NC(=O)[C@H](CCCNC(=N)N)NC(=O)[C@H](CCCNC(=N)N)NC(=O)[C@H](Cc2ccccc2)NC(=O)[C@H](CCCNC(=N)N)NC(=O)[C@H]([C@@H](C)O)NC(=O)[C@@H](Cc2ccc(O)cc2)NC(=O)CSC[C@@H](C(N)=O)NC(=O)[C@H](Cc2ccc(O)cc2)NC(=O)[C@H](Cc2ccc(O)cc2)NC(=O)[C@H](Cc2ccccc2)NC(=O)[C@H](C(C)C)NC1=O. The number of carbonyl (C=O) groups is 15. The van der Waals surface area contributed by atoms with Crippen LogP contribution in [0.3, 0.4) is 0 Å². The lowest BCUT2D eigenvalue weighted by Gasteiger charge is -2.30. The highest BCUT2D eigenvalue weighted by molar-refractivity contribution is 8.00. The molecule has 722 valence electrons. The minimum absolute atomic E-state index is 0.0155. The minimum atomic E-state index is -1.95. The Morgan fingerprint density at radius 3 is 1.05 bits per heavy atom. The monoisotopic (exact) mass is 1870 g/mol. The van der Waals surface area contributed by atoms with Gasteiger partial charge in [-0.1, -0.05) is 131 Å². The lowest BCUT2D eigenvalue weighted by molar-refractivity contribution is -0.137. The number of aromatic hydroxyl groups is 3. The van der Waals surface area contributed by atoms with Crippen molar-refractivity contribution in [1.29, 1.82) is 16.2 Å². The Kier molecular flexibility index (Phi) is 44.4. The molecule has 1 aliphatic rings. The Balaban J connectivity index is 1.45. The normalized spacial score (nSPS) is 22.9. The van der Waals surface area contributed by atoms with E-state index in [4.69, 9.17) is 39.2 Å². The summed E-state index contributed by atoms with van der Waals surface area (Å²) in [5.74, 6) is -20.0. The van der Waals surface area contributed by atoms with Gasteiger partial charge in [0.2, 0.25) is 88.6 Å². The summed E-state index contributed by atoms with van der Waals surface area (Å²) in [6, 6.07) is 11.4. The quantitative estimate of drug-likeness (QED) is 0.0126. The van der Waals surface area contributed by atoms with Gasteiger partial charge in [0, 0.05) is 57.5 Å². The number of phenolic OH excluding ortho intramolecular Hbond substituents is 3. The van der Waals surface area contributed by atoms with Gasteiger partial charge in [-0.15, -0.1) is 11.8 Å². The lowest BCUT2D eigenvalue weighted by Crippen LogP contribution is -2.62. The molecule has 0 aromatic heterocycles. The average Bonchev–Trinajstić information content (AvgIpc) is 0.843. The van der Waals surface area contributed by atoms with Gasteiger partial charge in [0.05, 0.1) is 25.0 Å². The van der Waals surface area contributed by atoms with Crippen LogP contribution in [0, 0.1) is 28.1 Å². The summed E-state index contributed by atoms with van der Waals surface area (Å²) < 4.78 is 0. The van der Waals surface area contributed by atoms with Crippen molar-refractivity contribution >= 4 is 118 Å². The van der Waals surface area contributed by atoms with E-state index in [2.05, 4.69) is 90.4 Å². The van der Waals surface area contributed by atoms with Crippen molar-refractivity contribution in [3.05, 3.63) is 161 Å². The third kappa shape index (κ3) is 37.9. The topological polar surface area (TPSA) is 737 Å². The number of thioether (sulfide) groups is 1. The molecular formula is C88H124N24O20S. The van der Waals surface area contributed by atoms with Crippen LogP contribution in [0.15, 0.2) is 133 Å². The molecule has 33 N–H and O–H groups in total. The van der Waals surface area contributed by atoms with Gasteiger partial charge in [0.25, 0.3) is 0 Å². The number of primary amides is 1. The second-order valence-electron chi connectivity index (χ2n) is 32.3. The number of aliphatic hydroxyl groups is 2. The number of rotatable bonds is 28. The fraction of sp³-hybridized carbons (Fsp3) is 0.455. The number of benzene rings is 5. The third-order valence-electron chi connectivity index (χ3n) is 21.3. The first kappa shape index (κ1) is 107. The summed E-state index contributed by atoms with van der Waals surface area (Å²) in [4.78, 5) is 219. The van der Waals surface area contributed by atoms with E-state index in [0.29, 0.717) is 27.8 Å². The van der Waals surface area contributed by atoms with Gasteiger partial charge in [-0.05, 0) is 121 Å². The van der Waals surface area contributed by atoms with Crippen LogP contribution in [-0.4, -0.2) is 261 Å². The molecule has 45 heteroatoms. The van der Waals surface area contributed by atoms with E-state index in [-0.39, 0.29) is 114 Å². The van der Waals surface area contributed by atoms with Crippen LogP contribution in [0.4, 0.5) is 0 Å². The molecule has 133 heavy (non-hydrogen) atoms. The van der Waals surface area contributed by atoms with Crippen molar-refractivity contribution in [3.8, 4) is 17.2 Å². The van der Waals surface area contributed by atoms with Crippen molar-refractivity contribution in [2.75, 3.05) is 44.3 Å². The van der Waals surface area contributed by atoms with Crippen molar-refractivity contribution in [2.24, 2.45) is 34.8 Å². The van der Waals surface area contributed by atoms with Crippen LogP contribution in [0.2, 0.25) is 0 Å². The molecule has 1 heterocycles. The van der Waals surface area contributed by atoms with Crippen molar-refractivity contribution < 1.29 is 97.5 Å². The number of carbonyl (C=O) groups excluding carboxylic acids is 15. The van der Waals surface area contributed by atoms with Crippen molar-refractivity contribution in [1.82, 2.24) is 90.4 Å². The first-order valence-electron chi connectivity index (χ1n) is 43.2. The zero-order chi connectivity index (χ0) is 98.0. The fourth-order valence-corrected chi connectivity index (χ4v) is 14.6. The largest absolute Gasteiger partial charge is 0.508 e. The van der Waals surface area contributed by atoms with Crippen LogP contribution in [0.5, 0.6) is 17.2 Å². The summed E-state index contributed by atoms with van der Waals surface area (Å²) >= 11 is 0.734. The van der Waals surface area contributed by atoms with E-state index in [1.807, 2.05) is 0 Å². The number of phenols is 3. The van der Waals surface area contributed by atoms with Crippen LogP contribution in [0.1, 0.15) is 107 Å². The highest BCUT2D eigenvalue weighted by Crippen LogP contribution is 2.20. The second kappa shape index (κ2) is 55.0. The molecule has 1 saturated heterocycles. The number of hydrogen-bond acceptors (Lipinski definition) is 24. The summed E-state index contributed by atoms with van der Waals surface area (Å²) in [5.41, 5.74) is 24.6. The molecule has 5 aromatic rings. The fourth-order valence-electron chi connectivity index (χ4n) is 13.7. The average molecular weight is 1870 g/mol. The van der Waals surface area contributed by atoms with Gasteiger partial charge in [-0.3, -0.25) is 88.1 Å². The van der Waals surface area contributed by atoms with Gasteiger partial charge < -0.3 is 139 Å². The van der Waals surface area contributed by atoms with E-state index in [9.17, 15) is 78.3 Å². The van der Waals surface area contributed by atoms with E-state index in [0.717, 1.165) is 18.7 Å².